The van der Waals surface area contributed by atoms with Crippen LogP contribution < -0.4 is 4.90 Å². The normalized spacial score (nSPS) is 9.90. The van der Waals surface area contributed by atoms with Gasteiger partial charge in [-0.25, -0.2) is 4.39 Å². The quantitative estimate of drug-likeness (QED) is 0.847. The molecular formula is C15H10ClFN2O. The van der Waals surface area contributed by atoms with E-state index < -0.39 is 11.7 Å². The van der Waals surface area contributed by atoms with Crippen LogP contribution >= 0.6 is 11.6 Å². The maximum absolute atomic E-state index is 13.9. The molecule has 1 amide bonds. The molecule has 2 rings (SSSR count). The van der Waals surface area contributed by atoms with Crippen LogP contribution in [0.1, 0.15) is 15.9 Å². The van der Waals surface area contributed by atoms with Crippen molar-refractivity contribution in [3.63, 3.8) is 0 Å². The minimum Gasteiger partial charge on any atom is -0.310 e. The van der Waals surface area contributed by atoms with Crippen LogP contribution in [0.5, 0.6) is 0 Å². The highest BCUT2D eigenvalue weighted by Crippen LogP contribution is 2.23. The molecule has 0 radical (unpaired) electrons. The second-order valence-electron chi connectivity index (χ2n) is 4.09. The van der Waals surface area contributed by atoms with E-state index in [4.69, 9.17) is 16.9 Å². The summed E-state index contributed by atoms with van der Waals surface area (Å²) in [7, 11) is 1.48. The van der Waals surface area contributed by atoms with Gasteiger partial charge in [-0.05, 0) is 24.3 Å². The van der Waals surface area contributed by atoms with Crippen molar-refractivity contribution < 1.29 is 9.18 Å². The summed E-state index contributed by atoms with van der Waals surface area (Å²) in [6.45, 7) is 0. The number of carbonyl (C=O) groups excluding carboxylic acids is 1. The summed E-state index contributed by atoms with van der Waals surface area (Å²) in [5.41, 5.74) is 0.623. The topological polar surface area (TPSA) is 44.1 Å². The number of hydrogen-bond acceptors (Lipinski definition) is 2. The molecule has 2 aromatic carbocycles. The number of halogens is 2. The highest BCUT2D eigenvalue weighted by atomic mass is 35.5. The second kappa shape index (κ2) is 5.72. The molecule has 0 aliphatic rings. The number of amides is 1. The molecule has 20 heavy (non-hydrogen) atoms. The summed E-state index contributed by atoms with van der Waals surface area (Å²) < 4.78 is 13.9. The van der Waals surface area contributed by atoms with Crippen LogP contribution in [0.2, 0.25) is 5.02 Å². The number of rotatable bonds is 2. The van der Waals surface area contributed by atoms with Gasteiger partial charge in [0, 0.05) is 7.05 Å². The zero-order valence-electron chi connectivity index (χ0n) is 10.6. The molecular weight excluding hydrogens is 279 g/mol. The van der Waals surface area contributed by atoms with Gasteiger partial charge in [-0.1, -0.05) is 29.8 Å². The van der Waals surface area contributed by atoms with Gasteiger partial charge in [-0.3, -0.25) is 4.79 Å². The van der Waals surface area contributed by atoms with E-state index in [1.165, 1.54) is 30.1 Å². The van der Waals surface area contributed by atoms with E-state index in [9.17, 15) is 9.18 Å². The van der Waals surface area contributed by atoms with Crippen LogP contribution in [-0.4, -0.2) is 13.0 Å². The summed E-state index contributed by atoms with van der Waals surface area (Å²) in [5.74, 6) is -1.33. The average Bonchev–Trinajstić information content (AvgIpc) is 2.48. The van der Waals surface area contributed by atoms with E-state index in [-0.39, 0.29) is 10.6 Å². The highest BCUT2D eigenvalue weighted by molar-refractivity contribution is 6.31. The van der Waals surface area contributed by atoms with Crippen LogP contribution in [0.4, 0.5) is 10.1 Å². The fraction of sp³-hybridized carbons (Fsp3) is 0.0667. The van der Waals surface area contributed by atoms with Crippen molar-refractivity contribution in [1.29, 1.82) is 5.26 Å². The van der Waals surface area contributed by atoms with Crippen molar-refractivity contribution in [1.82, 2.24) is 0 Å². The van der Waals surface area contributed by atoms with Crippen molar-refractivity contribution in [2.75, 3.05) is 11.9 Å². The van der Waals surface area contributed by atoms with Crippen molar-refractivity contribution in [3.8, 4) is 6.07 Å². The molecule has 0 fully saturated rings. The summed E-state index contributed by atoms with van der Waals surface area (Å²) >= 11 is 5.67. The maximum Gasteiger partial charge on any atom is 0.261 e. The van der Waals surface area contributed by atoms with Gasteiger partial charge in [0.2, 0.25) is 0 Å². The Balaban J connectivity index is 2.44. The first kappa shape index (κ1) is 14.0. The van der Waals surface area contributed by atoms with Crippen molar-refractivity contribution >= 4 is 23.2 Å². The predicted molar refractivity (Wildman–Crippen MR) is 75.3 cm³/mol. The third kappa shape index (κ3) is 2.49. The van der Waals surface area contributed by atoms with Crippen molar-refractivity contribution in [2.45, 2.75) is 0 Å². The van der Waals surface area contributed by atoms with Crippen LogP contribution in [-0.2, 0) is 0 Å². The molecule has 2 aromatic rings. The zero-order chi connectivity index (χ0) is 14.7. The maximum atomic E-state index is 13.9. The first-order valence-corrected chi connectivity index (χ1v) is 6.15. The van der Waals surface area contributed by atoms with Gasteiger partial charge >= 0.3 is 0 Å². The van der Waals surface area contributed by atoms with E-state index in [1.807, 2.05) is 6.07 Å². The van der Waals surface area contributed by atoms with Gasteiger partial charge in [-0.2, -0.15) is 5.26 Å². The number of anilines is 1. The average molecular weight is 289 g/mol. The minimum atomic E-state index is -0.763. The van der Waals surface area contributed by atoms with E-state index in [0.29, 0.717) is 11.3 Å². The Kier molecular flexibility index (Phi) is 4.02. The van der Waals surface area contributed by atoms with Crippen LogP contribution in [0.15, 0.2) is 42.5 Å². The Hall–Kier alpha value is -2.38. The zero-order valence-corrected chi connectivity index (χ0v) is 11.4. The number of nitrogens with zero attached hydrogens (tertiary/aromatic N) is 2. The monoisotopic (exact) mass is 288 g/mol. The SMILES string of the molecule is CN(C(=O)c1cccc(Cl)c1F)c1ccccc1C#N. The molecule has 0 heterocycles. The Morgan fingerprint density at radius 2 is 1.95 bits per heavy atom. The summed E-state index contributed by atoms with van der Waals surface area (Å²) in [4.78, 5) is 13.5. The number of benzene rings is 2. The van der Waals surface area contributed by atoms with Crippen LogP contribution in [0.25, 0.3) is 0 Å². The van der Waals surface area contributed by atoms with Crippen LogP contribution in [0.3, 0.4) is 0 Å². The van der Waals surface area contributed by atoms with Crippen LogP contribution in [0, 0.1) is 17.1 Å². The third-order valence-corrected chi connectivity index (χ3v) is 3.16. The van der Waals surface area contributed by atoms with Gasteiger partial charge in [-0.15, -0.1) is 0 Å². The number of para-hydroxylation sites is 1. The van der Waals surface area contributed by atoms with Gasteiger partial charge in [0.05, 0.1) is 21.8 Å². The Bertz CT molecular complexity index is 709. The largest absolute Gasteiger partial charge is 0.310 e. The standard InChI is InChI=1S/C15H10ClFN2O/c1-19(13-8-3-2-5-10(13)9-18)15(20)11-6-4-7-12(16)14(11)17/h2-8H,1H3. The molecule has 0 spiro atoms. The third-order valence-electron chi connectivity index (χ3n) is 2.87. The molecule has 3 nitrogen and oxygen atoms in total. The van der Waals surface area contributed by atoms with E-state index in [1.54, 1.807) is 24.3 Å². The van der Waals surface area contributed by atoms with E-state index >= 15 is 0 Å². The molecule has 0 atom stereocenters. The highest BCUT2D eigenvalue weighted by Gasteiger charge is 2.20. The molecule has 0 saturated carbocycles. The Labute approximate surface area is 120 Å². The number of hydrogen-bond donors (Lipinski definition) is 0. The molecule has 0 N–H and O–H groups in total. The minimum absolute atomic E-state index is 0.113. The van der Waals surface area contributed by atoms with Gasteiger partial charge in [0.25, 0.3) is 5.91 Å². The smallest absolute Gasteiger partial charge is 0.261 e. The van der Waals surface area contributed by atoms with Crippen molar-refractivity contribution in [3.05, 3.63) is 64.4 Å². The van der Waals surface area contributed by atoms with E-state index in [0.717, 1.165) is 0 Å². The van der Waals surface area contributed by atoms with Gasteiger partial charge < -0.3 is 4.90 Å². The first-order valence-electron chi connectivity index (χ1n) is 5.77. The molecule has 0 aromatic heterocycles. The summed E-state index contributed by atoms with van der Waals surface area (Å²) in [6.07, 6.45) is 0. The Morgan fingerprint density at radius 1 is 1.25 bits per heavy atom. The molecule has 0 unspecified atom stereocenters. The molecule has 0 aliphatic carbocycles. The lowest BCUT2D eigenvalue weighted by atomic mass is 10.1. The molecule has 5 heteroatoms. The fourth-order valence-electron chi connectivity index (χ4n) is 1.82. The number of carbonyl (C=O) groups is 1. The van der Waals surface area contributed by atoms with Gasteiger partial charge in [0.1, 0.15) is 6.07 Å². The predicted octanol–water partition coefficient (Wildman–Crippen LogP) is 3.63. The van der Waals surface area contributed by atoms with E-state index in [2.05, 4.69) is 0 Å². The lowest BCUT2D eigenvalue weighted by Crippen LogP contribution is -2.27. The summed E-state index contributed by atoms with van der Waals surface area (Å²) in [5, 5.41) is 8.92. The van der Waals surface area contributed by atoms with Gasteiger partial charge in [0.15, 0.2) is 5.82 Å². The lowest BCUT2D eigenvalue weighted by molar-refractivity contribution is 0.0989. The molecule has 0 bridgehead atoms. The first-order chi connectivity index (χ1) is 9.56. The second-order valence-corrected chi connectivity index (χ2v) is 4.50. The number of nitriles is 1. The molecule has 0 saturated heterocycles. The molecule has 100 valence electrons. The van der Waals surface area contributed by atoms with Crippen molar-refractivity contribution in [2.24, 2.45) is 0 Å². The fourth-order valence-corrected chi connectivity index (χ4v) is 1.99. The Morgan fingerprint density at radius 3 is 2.65 bits per heavy atom. The molecule has 0 aliphatic heterocycles. The lowest BCUT2D eigenvalue weighted by Gasteiger charge is -2.19. The summed E-state index contributed by atoms with van der Waals surface area (Å²) in [6, 6.07) is 12.8.